The number of nitrogens with one attached hydrogen (secondary N) is 1. The molecule has 0 saturated carbocycles. The highest BCUT2D eigenvalue weighted by Gasteiger charge is 2.19. The second-order valence-corrected chi connectivity index (χ2v) is 8.22. The third kappa shape index (κ3) is 4.29. The highest BCUT2D eigenvalue weighted by atomic mass is 79.9. The van der Waals surface area contributed by atoms with E-state index in [9.17, 15) is 9.59 Å². The number of halogens is 2. The number of aromatic amines is 1. The zero-order valence-electron chi connectivity index (χ0n) is 14.7. The first-order chi connectivity index (χ1) is 12.9. The molecule has 1 aromatic carbocycles. The van der Waals surface area contributed by atoms with Crippen LogP contribution in [0.2, 0.25) is 5.02 Å². The molecule has 140 valence electrons. The van der Waals surface area contributed by atoms with Crippen molar-refractivity contribution >= 4 is 56.0 Å². The number of rotatable bonds is 5. The van der Waals surface area contributed by atoms with Crippen LogP contribution in [0.4, 0.5) is 0 Å². The molecule has 0 aliphatic heterocycles. The number of ether oxygens (including phenoxy) is 1. The summed E-state index contributed by atoms with van der Waals surface area (Å²) in [5, 5.41) is 1.17. The number of ketones is 1. The maximum Gasteiger partial charge on any atom is 0.202 e. The molecule has 7 heteroatoms. The number of methoxy groups -OCH3 is 1. The molecule has 2 aromatic rings. The molecule has 1 aliphatic rings. The van der Waals surface area contributed by atoms with E-state index in [2.05, 4.69) is 20.9 Å². The first-order valence-corrected chi connectivity index (χ1v) is 10.3. The summed E-state index contributed by atoms with van der Waals surface area (Å²) in [6.07, 6.45) is 9.76. The van der Waals surface area contributed by atoms with E-state index < -0.39 is 0 Å². The summed E-state index contributed by atoms with van der Waals surface area (Å²) in [5.41, 5.74) is 1.42. The van der Waals surface area contributed by atoms with E-state index in [-0.39, 0.29) is 22.9 Å². The van der Waals surface area contributed by atoms with Crippen LogP contribution in [0.15, 0.2) is 62.4 Å². The number of thioether (sulfide) groups is 1. The van der Waals surface area contributed by atoms with Gasteiger partial charge in [0.1, 0.15) is 0 Å². The number of aromatic nitrogens is 1. The maximum atomic E-state index is 12.9. The van der Waals surface area contributed by atoms with E-state index in [1.165, 1.54) is 18.7 Å². The summed E-state index contributed by atoms with van der Waals surface area (Å²) in [6.45, 7) is 1.39. The van der Waals surface area contributed by atoms with E-state index in [0.717, 1.165) is 10.0 Å². The van der Waals surface area contributed by atoms with Gasteiger partial charge in [-0.1, -0.05) is 42.0 Å². The minimum absolute atomic E-state index is 0.0601. The van der Waals surface area contributed by atoms with Crippen LogP contribution < -0.4 is 5.43 Å². The van der Waals surface area contributed by atoms with Gasteiger partial charge in [0.2, 0.25) is 5.43 Å². The van der Waals surface area contributed by atoms with Gasteiger partial charge in [-0.3, -0.25) is 9.59 Å². The SMILES string of the molecule is COC1C=CC=C(CSc2[nH]c3c(Br)ccc(Cl)c3c(=O)c2C(C)=O)C=C1. The molecule has 1 heterocycles. The molecule has 27 heavy (non-hydrogen) atoms. The van der Waals surface area contributed by atoms with Gasteiger partial charge in [-0.25, -0.2) is 0 Å². The molecule has 1 unspecified atom stereocenters. The Balaban J connectivity index is 2.02. The van der Waals surface area contributed by atoms with Gasteiger partial charge in [0.25, 0.3) is 0 Å². The van der Waals surface area contributed by atoms with Gasteiger partial charge in [0.15, 0.2) is 5.78 Å². The van der Waals surface area contributed by atoms with E-state index in [1.54, 1.807) is 19.2 Å². The highest BCUT2D eigenvalue weighted by molar-refractivity contribution is 9.10. The largest absolute Gasteiger partial charge is 0.373 e. The monoisotopic (exact) mass is 465 g/mol. The van der Waals surface area contributed by atoms with Gasteiger partial charge in [0, 0.05) is 17.3 Å². The fraction of sp³-hybridized carbons (Fsp3) is 0.200. The summed E-state index contributed by atoms with van der Waals surface area (Å²) in [7, 11) is 1.65. The zero-order valence-corrected chi connectivity index (χ0v) is 17.9. The Labute approximate surface area is 174 Å². The fourth-order valence-corrected chi connectivity index (χ4v) is 4.50. The molecule has 1 aromatic heterocycles. The van der Waals surface area contributed by atoms with E-state index in [0.29, 0.717) is 26.7 Å². The molecule has 1 atom stereocenters. The van der Waals surface area contributed by atoms with E-state index in [4.69, 9.17) is 16.3 Å². The van der Waals surface area contributed by atoms with Crippen LogP contribution in [0.3, 0.4) is 0 Å². The molecule has 0 bridgehead atoms. The molecule has 1 N–H and O–H groups in total. The van der Waals surface area contributed by atoms with Crippen LogP contribution in [0.5, 0.6) is 0 Å². The van der Waals surface area contributed by atoms with Crippen molar-refractivity contribution in [2.75, 3.05) is 12.9 Å². The standard InChI is InChI=1S/C20H17BrClNO3S/c1-11(24)16-19(25)17-15(22)9-8-14(21)18(17)23-20(16)27-10-12-4-3-5-13(26-2)7-6-12/h3-9,13H,10H2,1-2H3,(H,23,25). The van der Waals surface area contributed by atoms with E-state index >= 15 is 0 Å². The third-order valence-corrected chi connectivity index (χ3v) is 6.19. The minimum atomic E-state index is -0.352. The lowest BCUT2D eigenvalue weighted by Gasteiger charge is -2.11. The number of carbonyl (C=O) groups is 1. The van der Waals surface area contributed by atoms with Crippen LogP contribution in [0, 0.1) is 0 Å². The lowest BCUT2D eigenvalue weighted by atomic mass is 10.1. The number of fused-ring (bicyclic) bond motifs is 1. The molecule has 0 saturated heterocycles. The average molecular weight is 467 g/mol. The van der Waals surface area contributed by atoms with Crippen LogP contribution in [0.1, 0.15) is 17.3 Å². The lowest BCUT2D eigenvalue weighted by molar-refractivity contribution is 0.101. The second kappa shape index (κ2) is 8.61. The van der Waals surface area contributed by atoms with Gasteiger partial charge < -0.3 is 9.72 Å². The molecule has 0 radical (unpaired) electrons. The molecular formula is C20H17BrClNO3S. The highest BCUT2D eigenvalue weighted by Crippen LogP contribution is 2.31. The summed E-state index contributed by atoms with van der Waals surface area (Å²) in [5.74, 6) is 0.304. The Bertz CT molecular complexity index is 1060. The van der Waals surface area contributed by atoms with Crippen molar-refractivity contribution in [3.63, 3.8) is 0 Å². The normalized spacial score (nSPS) is 16.4. The van der Waals surface area contributed by atoms with Crippen LogP contribution in [-0.2, 0) is 4.74 Å². The minimum Gasteiger partial charge on any atom is -0.373 e. The lowest BCUT2D eigenvalue weighted by Crippen LogP contribution is -2.17. The van der Waals surface area contributed by atoms with Crippen LogP contribution in [0.25, 0.3) is 10.9 Å². The third-order valence-electron chi connectivity index (χ3n) is 4.14. The number of pyridine rings is 1. The summed E-state index contributed by atoms with van der Waals surface area (Å²) < 4.78 is 6.02. The van der Waals surface area contributed by atoms with E-state index in [1.807, 2.05) is 30.4 Å². The maximum absolute atomic E-state index is 12.9. The van der Waals surface area contributed by atoms with Gasteiger partial charge in [-0.15, -0.1) is 11.8 Å². The topological polar surface area (TPSA) is 59.2 Å². The van der Waals surface area contributed by atoms with Gasteiger partial charge in [-0.05, 0) is 40.6 Å². The van der Waals surface area contributed by atoms with Crippen LogP contribution in [-0.4, -0.2) is 29.7 Å². The number of Topliss-reactive ketones (excluding diaryl/α,β-unsaturated/α-hetero) is 1. The first kappa shape index (κ1) is 20.1. The number of hydrogen-bond acceptors (Lipinski definition) is 4. The quantitative estimate of drug-likeness (QED) is 0.479. The smallest absolute Gasteiger partial charge is 0.202 e. The van der Waals surface area contributed by atoms with Crippen LogP contribution >= 0.6 is 39.3 Å². The molecule has 4 nitrogen and oxygen atoms in total. The van der Waals surface area contributed by atoms with Gasteiger partial charge in [0.05, 0.1) is 32.6 Å². The number of allylic oxidation sites excluding steroid dienone is 3. The summed E-state index contributed by atoms with van der Waals surface area (Å²) in [6, 6.07) is 3.41. The Morgan fingerprint density at radius 3 is 2.85 bits per heavy atom. The molecule has 3 rings (SSSR count). The fourth-order valence-electron chi connectivity index (χ4n) is 2.76. The Hall–Kier alpha value is -1.60. The second-order valence-electron chi connectivity index (χ2n) is 5.97. The molecule has 1 aliphatic carbocycles. The number of carbonyl (C=O) groups excluding carboxylic acids is 1. The number of benzene rings is 1. The van der Waals surface area contributed by atoms with Crippen molar-refractivity contribution in [3.8, 4) is 0 Å². The van der Waals surface area contributed by atoms with Crippen molar-refractivity contribution < 1.29 is 9.53 Å². The summed E-state index contributed by atoms with van der Waals surface area (Å²) >= 11 is 11.1. The Morgan fingerprint density at radius 2 is 2.15 bits per heavy atom. The van der Waals surface area contributed by atoms with Gasteiger partial charge >= 0.3 is 0 Å². The van der Waals surface area contributed by atoms with Crippen molar-refractivity contribution in [1.82, 2.24) is 4.98 Å². The molecule has 0 amide bonds. The number of hydrogen-bond donors (Lipinski definition) is 1. The molecular weight excluding hydrogens is 450 g/mol. The Kier molecular flexibility index (Phi) is 6.42. The van der Waals surface area contributed by atoms with Gasteiger partial charge in [-0.2, -0.15) is 0 Å². The predicted octanol–water partition coefficient (Wildman–Crippen LogP) is 5.31. The Morgan fingerprint density at radius 1 is 1.37 bits per heavy atom. The first-order valence-electron chi connectivity index (χ1n) is 8.18. The average Bonchev–Trinajstić information content (AvgIpc) is 2.87. The molecule has 0 fully saturated rings. The predicted molar refractivity (Wildman–Crippen MR) is 115 cm³/mol. The zero-order chi connectivity index (χ0) is 19.6. The summed E-state index contributed by atoms with van der Waals surface area (Å²) in [4.78, 5) is 28.3. The van der Waals surface area contributed by atoms with Crippen molar-refractivity contribution in [2.24, 2.45) is 0 Å². The number of H-pyrrole nitrogens is 1. The van der Waals surface area contributed by atoms with Crippen molar-refractivity contribution in [2.45, 2.75) is 18.1 Å². The molecule has 0 spiro atoms. The van der Waals surface area contributed by atoms with Crippen molar-refractivity contribution in [3.05, 3.63) is 73.4 Å². The van der Waals surface area contributed by atoms with Crippen molar-refractivity contribution in [1.29, 1.82) is 0 Å².